The number of hydrogen-bond donors (Lipinski definition) is 1. The molecule has 0 saturated carbocycles. The van der Waals surface area contributed by atoms with E-state index < -0.39 is 0 Å². The molecule has 0 aromatic carbocycles. The van der Waals surface area contributed by atoms with E-state index in [0.29, 0.717) is 0 Å². The van der Waals surface area contributed by atoms with Gasteiger partial charge in [0.25, 0.3) is 0 Å². The molecule has 0 bridgehead atoms. The van der Waals surface area contributed by atoms with Crippen LogP contribution in [0.4, 0.5) is 0 Å². The zero-order chi connectivity index (χ0) is 7.28. The van der Waals surface area contributed by atoms with Gasteiger partial charge in [-0.3, -0.25) is 0 Å². The fourth-order valence-corrected chi connectivity index (χ4v) is 0.749. The quantitative estimate of drug-likeness (QED) is 0.518. The van der Waals surface area contributed by atoms with Gasteiger partial charge >= 0.3 is 0 Å². The van der Waals surface area contributed by atoms with Crippen molar-refractivity contribution in [3.8, 4) is 0 Å². The number of rotatable bonds is 4. The Morgan fingerprint density at radius 1 is 1.22 bits per heavy atom. The molecule has 2 nitrogen and oxygen atoms in total. The Morgan fingerprint density at radius 3 is 2.11 bits per heavy atom. The molecule has 56 valence electrons. The summed E-state index contributed by atoms with van der Waals surface area (Å²) in [5.41, 5.74) is 0. The summed E-state index contributed by atoms with van der Waals surface area (Å²) in [5, 5.41) is 0. The van der Waals surface area contributed by atoms with E-state index in [9.17, 15) is 0 Å². The smallest absolute Gasteiger partial charge is 0.0779 e. The van der Waals surface area contributed by atoms with Crippen LogP contribution in [0.2, 0.25) is 0 Å². The van der Waals surface area contributed by atoms with Crippen molar-refractivity contribution in [3.63, 3.8) is 0 Å². The third-order valence-electron chi connectivity index (χ3n) is 1.28. The van der Waals surface area contributed by atoms with Crippen molar-refractivity contribution in [2.24, 2.45) is 0 Å². The molecule has 1 N–H and O–H groups in total. The summed E-state index contributed by atoms with van der Waals surface area (Å²) < 4.78 is 0. The van der Waals surface area contributed by atoms with Crippen molar-refractivity contribution < 1.29 is 4.90 Å². The first kappa shape index (κ1) is 8.92. The third kappa shape index (κ3) is 7.92. The molecule has 0 aliphatic rings. The lowest BCUT2D eigenvalue weighted by Gasteiger charge is -2.10. The molecule has 0 heterocycles. The first-order valence-corrected chi connectivity index (χ1v) is 3.56. The third-order valence-corrected chi connectivity index (χ3v) is 1.28. The van der Waals surface area contributed by atoms with Crippen LogP contribution in [0.3, 0.4) is 0 Å². The molecule has 9 heavy (non-hydrogen) atoms. The van der Waals surface area contributed by atoms with Gasteiger partial charge in [0, 0.05) is 13.0 Å². The largest absolute Gasteiger partial charge is 0.340 e. The van der Waals surface area contributed by atoms with Gasteiger partial charge in [-0.05, 0) is 14.1 Å². The maximum Gasteiger partial charge on any atom is 0.0779 e. The molecule has 0 rings (SSSR count). The average Bonchev–Trinajstić information content (AvgIpc) is 1.63. The molecular weight excluding hydrogens is 112 g/mol. The first-order chi connectivity index (χ1) is 4.13. The van der Waals surface area contributed by atoms with Gasteiger partial charge in [-0.25, -0.2) is 0 Å². The second kappa shape index (κ2) is 4.77. The highest BCUT2D eigenvalue weighted by Crippen LogP contribution is 1.76. The van der Waals surface area contributed by atoms with Crippen molar-refractivity contribution in [3.05, 3.63) is 0 Å². The van der Waals surface area contributed by atoms with E-state index in [1.165, 1.54) is 24.4 Å². The molecule has 0 aliphatic carbocycles. The van der Waals surface area contributed by atoms with Crippen LogP contribution in [0.5, 0.6) is 0 Å². The Kier molecular flexibility index (Phi) is 4.72. The highest BCUT2D eigenvalue weighted by Gasteiger charge is 1.93. The maximum absolute atomic E-state index is 2.23. The highest BCUT2D eigenvalue weighted by atomic mass is 15.1. The Morgan fingerprint density at radius 2 is 1.78 bits per heavy atom. The zero-order valence-corrected chi connectivity index (χ0v) is 7.07. The van der Waals surface area contributed by atoms with Gasteiger partial charge in [-0.15, -0.1) is 0 Å². The van der Waals surface area contributed by atoms with E-state index in [2.05, 4.69) is 33.1 Å². The number of quaternary nitrogens is 1. The SMILES string of the molecule is CN(C)CCC[NH+](C)C. The summed E-state index contributed by atoms with van der Waals surface area (Å²) in [6, 6.07) is 0. The fourth-order valence-electron chi connectivity index (χ4n) is 0.749. The molecule has 0 aromatic heterocycles. The van der Waals surface area contributed by atoms with Gasteiger partial charge in [0.15, 0.2) is 0 Å². The van der Waals surface area contributed by atoms with E-state index in [-0.39, 0.29) is 0 Å². The van der Waals surface area contributed by atoms with Crippen LogP contribution in [0, 0.1) is 0 Å². The molecule has 0 unspecified atom stereocenters. The molecule has 0 aromatic rings. The summed E-state index contributed by atoms with van der Waals surface area (Å²) in [6.07, 6.45) is 1.30. The molecule has 0 atom stereocenters. The van der Waals surface area contributed by atoms with Crippen LogP contribution in [-0.2, 0) is 0 Å². The number of nitrogens with zero attached hydrogens (tertiary/aromatic N) is 1. The monoisotopic (exact) mass is 131 g/mol. The lowest BCUT2D eigenvalue weighted by Crippen LogP contribution is -3.05. The fraction of sp³-hybridized carbons (Fsp3) is 1.00. The van der Waals surface area contributed by atoms with Crippen LogP contribution >= 0.6 is 0 Å². The van der Waals surface area contributed by atoms with E-state index in [1.807, 2.05) is 0 Å². The minimum atomic E-state index is 1.21. The van der Waals surface area contributed by atoms with E-state index in [0.717, 1.165) is 0 Å². The van der Waals surface area contributed by atoms with Crippen LogP contribution in [0.25, 0.3) is 0 Å². The summed E-state index contributed by atoms with van der Waals surface area (Å²) in [4.78, 5) is 3.76. The van der Waals surface area contributed by atoms with Gasteiger partial charge in [0.05, 0.1) is 20.6 Å². The second-order valence-electron chi connectivity index (χ2n) is 3.11. The van der Waals surface area contributed by atoms with Crippen LogP contribution < -0.4 is 4.90 Å². The first-order valence-electron chi connectivity index (χ1n) is 3.56. The molecule has 0 spiro atoms. The van der Waals surface area contributed by atoms with E-state index in [4.69, 9.17) is 0 Å². The predicted octanol–water partition coefficient (Wildman–Crippen LogP) is -0.917. The van der Waals surface area contributed by atoms with Gasteiger partial charge < -0.3 is 9.80 Å². The minimum absolute atomic E-state index is 1.21. The number of nitrogens with one attached hydrogen (secondary N) is 1. The molecule has 0 aliphatic heterocycles. The summed E-state index contributed by atoms with van der Waals surface area (Å²) in [7, 11) is 8.61. The van der Waals surface area contributed by atoms with Gasteiger partial charge in [0.1, 0.15) is 0 Å². The van der Waals surface area contributed by atoms with Crippen molar-refractivity contribution in [2.45, 2.75) is 6.42 Å². The van der Waals surface area contributed by atoms with Crippen molar-refractivity contribution in [1.82, 2.24) is 4.90 Å². The van der Waals surface area contributed by atoms with Crippen molar-refractivity contribution in [1.29, 1.82) is 0 Å². The van der Waals surface area contributed by atoms with Crippen molar-refractivity contribution >= 4 is 0 Å². The lowest BCUT2D eigenvalue weighted by molar-refractivity contribution is -0.858. The Balaban J connectivity index is 2.91. The number of hydrogen-bond acceptors (Lipinski definition) is 1. The Hall–Kier alpha value is -0.0800. The topological polar surface area (TPSA) is 7.68 Å². The highest BCUT2D eigenvalue weighted by molar-refractivity contribution is 4.39. The molecular formula is C7H19N2+. The zero-order valence-electron chi connectivity index (χ0n) is 7.07. The molecule has 0 amide bonds. The standard InChI is InChI=1S/C7H18N2/c1-8(2)6-5-7-9(3)4/h5-7H2,1-4H3/p+1. The maximum atomic E-state index is 2.23. The van der Waals surface area contributed by atoms with Crippen LogP contribution in [-0.4, -0.2) is 46.2 Å². The van der Waals surface area contributed by atoms with Crippen LogP contribution in [0.15, 0.2) is 0 Å². The normalized spacial score (nSPS) is 11.3. The van der Waals surface area contributed by atoms with Crippen LogP contribution in [0.1, 0.15) is 6.42 Å². The summed E-state index contributed by atoms with van der Waals surface area (Å²) in [6.45, 7) is 2.49. The molecule has 0 saturated heterocycles. The second-order valence-corrected chi connectivity index (χ2v) is 3.11. The molecule has 2 heteroatoms. The lowest BCUT2D eigenvalue weighted by atomic mass is 10.4. The van der Waals surface area contributed by atoms with Crippen molar-refractivity contribution in [2.75, 3.05) is 41.3 Å². The predicted molar refractivity (Wildman–Crippen MR) is 40.8 cm³/mol. The van der Waals surface area contributed by atoms with Gasteiger partial charge in [0.2, 0.25) is 0 Å². The van der Waals surface area contributed by atoms with E-state index >= 15 is 0 Å². The summed E-state index contributed by atoms with van der Waals surface area (Å²) >= 11 is 0. The molecule has 0 radical (unpaired) electrons. The average molecular weight is 131 g/mol. The van der Waals surface area contributed by atoms with Gasteiger partial charge in [-0.2, -0.15) is 0 Å². The Labute approximate surface area is 58.4 Å². The summed E-state index contributed by atoms with van der Waals surface area (Å²) in [5.74, 6) is 0. The van der Waals surface area contributed by atoms with E-state index in [1.54, 1.807) is 0 Å². The molecule has 0 fully saturated rings. The van der Waals surface area contributed by atoms with Gasteiger partial charge in [-0.1, -0.05) is 0 Å². The minimum Gasteiger partial charge on any atom is -0.340 e. The Bertz CT molecular complexity index is 51.9.